The Hall–Kier alpha value is -1.85. The standard InChI is InChI=1S/C63H120O6/c1-4-7-10-13-16-18-20-22-24-25-26-27-28-29-30-31-32-33-34-35-36-37-38-39-40-42-43-45-47-50-53-56-62(65)68-59-60(58-67-61(64)55-52-49-15-12-9-6-3)69-63(66)57-54-51-48-46-44-41-23-21-19-17-14-11-8-5-2/h21,23,60H,4-20,22,24-59H2,1-3H3/b23-21-. The van der Waals surface area contributed by atoms with Crippen molar-refractivity contribution < 1.29 is 28.6 Å². The van der Waals surface area contributed by atoms with Gasteiger partial charge in [0.25, 0.3) is 0 Å². The van der Waals surface area contributed by atoms with Gasteiger partial charge < -0.3 is 14.2 Å². The van der Waals surface area contributed by atoms with Crippen LogP contribution in [0.3, 0.4) is 0 Å². The van der Waals surface area contributed by atoms with E-state index in [1.54, 1.807) is 0 Å². The third kappa shape index (κ3) is 56.9. The molecule has 0 spiro atoms. The summed E-state index contributed by atoms with van der Waals surface area (Å²) in [5, 5.41) is 0. The number of carbonyl (C=O) groups excluding carboxylic acids is 3. The second-order valence-electron chi connectivity index (χ2n) is 21.3. The summed E-state index contributed by atoms with van der Waals surface area (Å²) >= 11 is 0. The molecule has 6 heteroatoms. The van der Waals surface area contributed by atoms with E-state index in [0.29, 0.717) is 19.3 Å². The van der Waals surface area contributed by atoms with Crippen molar-refractivity contribution in [2.75, 3.05) is 13.2 Å². The van der Waals surface area contributed by atoms with Crippen LogP contribution in [0.25, 0.3) is 0 Å². The number of allylic oxidation sites excluding steroid dienone is 2. The molecule has 0 saturated carbocycles. The number of esters is 3. The highest BCUT2D eigenvalue weighted by Crippen LogP contribution is 2.18. The Morgan fingerprint density at radius 3 is 0.725 bits per heavy atom. The summed E-state index contributed by atoms with van der Waals surface area (Å²) in [5.74, 6) is -0.867. The van der Waals surface area contributed by atoms with Crippen molar-refractivity contribution in [1.82, 2.24) is 0 Å². The molecule has 0 saturated heterocycles. The molecule has 6 nitrogen and oxygen atoms in total. The quantitative estimate of drug-likeness (QED) is 0.0261. The molecule has 0 aromatic rings. The molecule has 0 aliphatic rings. The number of carbonyl (C=O) groups is 3. The lowest BCUT2D eigenvalue weighted by molar-refractivity contribution is -0.167. The Morgan fingerprint density at radius 1 is 0.275 bits per heavy atom. The van der Waals surface area contributed by atoms with Gasteiger partial charge in [0.05, 0.1) is 0 Å². The lowest BCUT2D eigenvalue weighted by Crippen LogP contribution is -2.30. The van der Waals surface area contributed by atoms with Gasteiger partial charge in [-0.05, 0) is 44.9 Å². The van der Waals surface area contributed by atoms with Gasteiger partial charge >= 0.3 is 17.9 Å². The maximum absolute atomic E-state index is 12.8. The third-order valence-electron chi connectivity index (χ3n) is 14.3. The first-order valence-electron chi connectivity index (χ1n) is 31.2. The average molecular weight is 974 g/mol. The molecule has 0 radical (unpaired) electrons. The van der Waals surface area contributed by atoms with E-state index in [2.05, 4.69) is 32.9 Å². The van der Waals surface area contributed by atoms with Gasteiger partial charge in [-0.25, -0.2) is 0 Å². The lowest BCUT2D eigenvalue weighted by Gasteiger charge is -2.18. The van der Waals surface area contributed by atoms with Crippen LogP contribution >= 0.6 is 0 Å². The molecule has 0 aromatic heterocycles. The second kappa shape index (κ2) is 58.7. The van der Waals surface area contributed by atoms with E-state index >= 15 is 0 Å². The fraction of sp³-hybridized carbons (Fsp3) is 0.921. The van der Waals surface area contributed by atoms with Gasteiger partial charge in [-0.3, -0.25) is 14.4 Å². The van der Waals surface area contributed by atoms with Crippen molar-refractivity contribution in [3.8, 4) is 0 Å². The SMILES string of the molecule is CCCCCCC/C=C\CCCCCCCC(=O)OC(COC(=O)CCCCCCCC)COC(=O)CCCCCCCCCCCCCCCCCCCCCCCCCCCCCCCCC. The van der Waals surface area contributed by atoms with Gasteiger partial charge in [-0.2, -0.15) is 0 Å². The van der Waals surface area contributed by atoms with Crippen LogP contribution in [0.2, 0.25) is 0 Å². The molecule has 69 heavy (non-hydrogen) atoms. The van der Waals surface area contributed by atoms with Crippen molar-refractivity contribution >= 4 is 17.9 Å². The predicted molar refractivity (Wildman–Crippen MR) is 298 cm³/mol. The fourth-order valence-electron chi connectivity index (χ4n) is 9.56. The van der Waals surface area contributed by atoms with E-state index in [0.717, 1.165) is 64.2 Å². The van der Waals surface area contributed by atoms with Crippen LogP contribution in [0.1, 0.15) is 355 Å². The monoisotopic (exact) mass is 973 g/mol. The minimum atomic E-state index is -0.767. The number of hydrogen-bond acceptors (Lipinski definition) is 6. The molecular weight excluding hydrogens is 853 g/mol. The van der Waals surface area contributed by atoms with Crippen LogP contribution in [0, 0.1) is 0 Å². The van der Waals surface area contributed by atoms with Crippen molar-refractivity contribution in [1.29, 1.82) is 0 Å². The highest BCUT2D eigenvalue weighted by atomic mass is 16.6. The highest BCUT2D eigenvalue weighted by molar-refractivity contribution is 5.71. The summed E-state index contributed by atoms with van der Waals surface area (Å²) in [7, 11) is 0. The van der Waals surface area contributed by atoms with E-state index in [-0.39, 0.29) is 31.1 Å². The second-order valence-corrected chi connectivity index (χ2v) is 21.3. The molecule has 0 aromatic carbocycles. The summed E-state index contributed by atoms with van der Waals surface area (Å²) in [4.78, 5) is 37.8. The van der Waals surface area contributed by atoms with Crippen LogP contribution in [0.5, 0.6) is 0 Å². The van der Waals surface area contributed by atoms with Gasteiger partial charge in [-0.1, -0.05) is 303 Å². The first-order chi connectivity index (χ1) is 34.0. The van der Waals surface area contributed by atoms with Crippen molar-refractivity contribution in [2.24, 2.45) is 0 Å². The van der Waals surface area contributed by atoms with Gasteiger partial charge in [-0.15, -0.1) is 0 Å². The van der Waals surface area contributed by atoms with Crippen molar-refractivity contribution in [2.45, 2.75) is 361 Å². The largest absolute Gasteiger partial charge is 0.462 e. The Labute approximate surface area is 431 Å². The van der Waals surface area contributed by atoms with Gasteiger partial charge in [0, 0.05) is 19.3 Å². The molecular formula is C63H120O6. The average Bonchev–Trinajstić information content (AvgIpc) is 3.35. The smallest absolute Gasteiger partial charge is 0.306 e. The molecule has 1 atom stereocenters. The molecule has 0 aliphatic carbocycles. The maximum atomic E-state index is 12.8. The molecule has 0 aliphatic heterocycles. The third-order valence-corrected chi connectivity index (χ3v) is 14.3. The molecule has 1 unspecified atom stereocenters. The van der Waals surface area contributed by atoms with Crippen molar-refractivity contribution in [3.05, 3.63) is 12.2 Å². The van der Waals surface area contributed by atoms with Crippen LogP contribution in [-0.2, 0) is 28.6 Å². The van der Waals surface area contributed by atoms with Crippen LogP contribution in [0.4, 0.5) is 0 Å². The highest BCUT2D eigenvalue weighted by Gasteiger charge is 2.19. The Kier molecular flexibility index (Phi) is 57.1. The first kappa shape index (κ1) is 67.1. The summed E-state index contributed by atoms with van der Waals surface area (Å²) in [6.45, 7) is 6.62. The first-order valence-corrected chi connectivity index (χ1v) is 31.2. The van der Waals surface area contributed by atoms with E-state index in [1.165, 1.54) is 250 Å². The van der Waals surface area contributed by atoms with E-state index in [4.69, 9.17) is 14.2 Å². The molecule has 0 rings (SSSR count). The Bertz CT molecular complexity index is 1070. The molecule has 0 N–H and O–H groups in total. The topological polar surface area (TPSA) is 78.9 Å². The van der Waals surface area contributed by atoms with E-state index in [1.807, 2.05) is 0 Å². The molecule has 0 amide bonds. The molecule has 408 valence electrons. The molecule has 0 fully saturated rings. The Morgan fingerprint density at radius 2 is 0.478 bits per heavy atom. The van der Waals surface area contributed by atoms with Gasteiger partial charge in [0.2, 0.25) is 0 Å². The normalized spacial score (nSPS) is 12.0. The van der Waals surface area contributed by atoms with Crippen LogP contribution in [0.15, 0.2) is 12.2 Å². The summed E-state index contributed by atoms with van der Waals surface area (Å²) in [6.07, 6.45) is 68.5. The Balaban J connectivity index is 3.91. The zero-order chi connectivity index (χ0) is 50.0. The summed E-state index contributed by atoms with van der Waals surface area (Å²) in [5.41, 5.74) is 0. The predicted octanol–water partition coefficient (Wildman–Crippen LogP) is 20.9. The minimum absolute atomic E-state index is 0.0687. The zero-order valence-corrected chi connectivity index (χ0v) is 46.9. The number of ether oxygens (including phenoxy) is 3. The fourth-order valence-corrected chi connectivity index (χ4v) is 9.56. The van der Waals surface area contributed by atoms with Gasteiger partial charge in [0.15, 0.2) is 6.10 Å². The lowest BCUT2D eigenvalue weighted by atomic mass is 10.0. The summed E-state index contributed by atoms with van der Waals surface area (Å²) in [6, 6.07) is 0. The zero-order valence-electron chi connectivity index (χ0n) is 46.9. The number of hydrogen-bond donors (Lipinski definition) is 0. The van der Waals surface area contributed by atoms with Gasteiger partial charge in [0.1, 0.15) is 13.2 Å². The maximum Gasteiger partial charge on any atom is 0.306 e. The van der Waals surface area contributed by atoms with E-state index in [9.17, 15) is 14.4 Å². The number of unbranched alkanes of at least 4 members (excludes halogenated alkanes) is 45. The van der Waals surface area contributed by atoms with Crippen LogP contribution in [-0.4, -0.2) is 37.2 Å². The number of rotatable bonds is 58. The van der Waals surface area contributed by atoms with Crippen LogP contribution < -0.4 is 0 Å². The minimum Gasteiger partial charge on any atom is -0.462 e. The molecule has 0 bridgehead atoms. The molecule has 0 heterocycles. The van der Waals surface area contributed by atoms with Crippen molar-refractivity contribution in [3.63, 3.8) is 0 Å². The summed E-state index contributed by atoms with van der Waals surface area (Å²) < 4.78 is 16.8. The van der Waals surface area contributed by atoms with E-state index < -0.39 is 6.10 Å².